The van der Waals surface area contributed by atoms with Crippen LogP contribution in [0.3, 0.4) is 0 Å². The second-order valence-electron chi connectivity index (χ2n) is 5.36. The highest BCUT2D eigenvalue weighted by atomic mass is 32.2. The maximum absolute atomic E-state index is 12.7. The van der Waals surface area contributed by atoms with E-state index in [1.807, 2.05) is 13.8 Å². The number of hydrogen-bond acceptors (Lipinski definition) is 6. The van der Waals surface area contributed by atoms with E-state index in [1.54, 1.807) is 0 Å². The Balaban J connectivity index is 2.48. The van der Waals surface area contributed by atoms with E-state index in [0.29, 0.717) is 13.1 Å². The molecule has 116 valence electrons. The molecule has 2 rings (SSSR count). The second kappa shape index (κ2) is 5.58. The van der Waals surface area contributed by atoms with Crippen molar-refractivity contribution in [1.29, 1.82) is 0 Å². The first-order valence-corrected chi connectivity index (χ1v) is 7.96. The summed E-state index contributed by atoms with van der Waals surface area (Å²) in [5, 5.41) is 10.9. The zero-order chi connectivity index (χ0) is 15.8. The fourth-order valence-corrected chi connectivity index (χ4v) is 4.18. The lowest BCUT2D eigenvalue weighted by Crippen LogP contribution is -2.30. The topological polar surface area (TPSA) is 119 Å². The van der Waals surface area contributed by atoms with Gasteiger partial charge in [0.1, 0.15) is 4.90 Å². The highest BCUT2D eigenvalue weighted by Gasteiger charge is 2.36. The molecule has 3 N–H and O–H groups in total. The summed E-state index contributed by atoms with van der Waals surface area (Å²) in [5.74, 6) is 5.81. The van der Waals surface area contributed by atoms with Crippen molar-refractivity contribution in [1.82, 2.24) is 4.31 Å². The second-order valence-corrected chi connectivity index (χ2v) is 7.26. The lowest BCUT2D eigenvalue weighted by molar-refractivity contribution is -0.385. The lowest BCUT2D eigenvalue weighted by atomic mass is 10.0. The summed E-state index contributed by atoms with van der Waals surface area (Å²) in [4.78, 5) is 10.1. The molecule has 0 bridgehead atoms. The summed E-state index contributed by atoms with van der Waals surface area (Å²) in [5.41, 5.74) is 2.15. The zero-order valence-corrected chi connectivity index (χ0v) is 12.6. The third kappa shape index (κ3) is 2.85. The molecule has 1 saturated heterocycles. The highest BCUT2D eigenvalue weighted by molar-refractivity contribution is 7.89. The van der Waals surface area contributed by atoms with Crippen LogP contribution in [-0.4, -0.2) is 30.7 Å². The molecule has 0 aliphatic carbocycles. The van der Waals surface area contributed by atoms with Gasteiger partial charge in [0.05, 0.1) is 10.6 Å². The molecule has 21 heavy (non-hydrogen) atoms. The first kappa shape index (κ1) is 15.7. The standard InChI is InChI=1S/C12H18N4O4S/c1-8-6-15(7-9(8)2)21(19,20)12-5-10(16(17)18)3-4-11(12)14-13/h3-5,8-9,14H,6-7,13H2,1-2H3. The van der Waals surface area contributed by atoms with Crippen molar-refractivity contribution < 1.29 is 13.3 Å². The van der Waals surface area contributed by atoms with Crippen molar-refractivity contribution in [2.75, 3.05) is 18.5 Å². The molecule has 1 aromatic carbocycles. The van der Waals surface area contributed by atoms with Crippen LogP contribution in [0.1, 0.15) is 13.8 Å². The average Bonchev–Trinajstić information content (AvgIpc) is 2.78. The van der Waals surface area contributed by atoms with Gasteiger partial charge in [-0.25, -0.2) is 8.42 Å². The Labute approximate surface area is 123 Å². The molecule has 2 atom stereocenters. The number of anilines is 1. The van der Waals surface area contributed by atoms with E-state index >= 15 is 0 Å². The van der Waals surface area contributed by atoms with Crippen LogP contribution in [-0.2, 0) is 10.0 Å². The largest absolute Gasteiger partial charge is 0.323 e. The summed E-state index contributed by atoms with van der Waals surface area (Å²) in [6.07, 6.45) is 0. The number of nitro benzene ring substituents is 1. The Hall–Kier alpha value is -1.71. The van der Waals surface area contributed by atoms with Crippen molar-refractivity contribution in [3.05, 3.63) is 28.3 Å². The van der Waals surface area contributed by atoms with E-state index in [2.05, 4.69) is 5.43 Å². The fraction of sp³-hybridized carbons (Fsp3) is 0.500. The predicted molar refractivity (Wildman–Crippen MR) is 78.0 cm³/mol. The van der Waals surface area contributed by atoms with Crippen molar-refractivity contribution in [3.8, 4) is 0 Å². The molecule has 0 saturated carbocycles. The summed E-state index contributed by atoms with van der Waals surface area (Å²) in [7, 11) is -3.82. The number of rotatable bonds is 4. The molecule has 0 spiro atoms. The Morgan fingerprint density at radius 2 is 1.90 bits per heavy atom. The number of hydrogen-bond donors (Lipinski definition) is 2. The average molecular weight is 314 g/mol. The van der Waals surface area contributed by atoms with Crippen LogP contribution < -0.4 is 11.3 Å². The van der Waals surface area contributed by atoms with Crippen molar-refractivity contribution in [2.24, 2.45) is 17.7 Å². The van der Waals surface area contributed by atoms with Crippen molar-refractivity contribution in [2.45, 2.75) is 18.7 Å². The number of nitrogens with two attached hydrogens (primary N) is 1. The first-order chi connectivity index (χ1) is 9.77. The fourth-order valence-electron chi connectivity index (χ4n) is 2.37. The van der Waals surface area contributed by atoms with Crippen molar-refractivity contribution >= 4 is 21.4 Å². The van der Waals surface area contributed by atoms with Gasteiger partial charge in [-0.05, 0) is 17.9 Å². The molecular weight excluding hydrogens is 296 g/mol. The molecule has 1 heterocycles. The molecule has 8 nitrogen and oxygen atoms in total. The lowest BCUT2D eigenvalue weighted by Gasteiger charge is -2.18. The smallest absolute Gasteiger partial charge is 0.270 e. The van der Waals surface area contributed by atoms with Gasteiger partial charge in [0.2, 0.25) is 10.0 Å². The van der Waals surface area contributed by atoms with Crippen LogP contribution in [0.2, 0.25) is 0 Å². The molecule has 0 radical (unpaired) electrons. The molecular formula is C12H18N4O4S. The number of nitrogen functional groups attached to an aromatic ring is 1. The molecule has 9 heteroatoms. The maximum Gasteiger partial charge on any atom is 0.270 e. The number of hydrazine groups is 1. The third-order valence-corrected chi connectivity index (χ3v) is 5.78. The molecule has 1 aliphatic rings. The van der Waals surface area contributed by atoms with Gasteiger partial charge in [-0.15, -0.1) is 0 Å². The zero-order valence-electron chi connectivity index (χ0n) is 11.8. The first-order valence-electron chi connectivity index (χ1n) is 6.52. The monoisotopic (exact) mass is 314 g/mol. The van der Waals surface area contributed by atoms with Gasteiger partial charge in [0.25, 0.3) is 5.69 Å². The molecule has 2 unspecified atom stereocenters. The summed E-state index contributed by atoms with van der Waals surface area (Å²) in [6, 6.07) is 3.55. The molecule has 1 aliphatic heterocycles. The number of sulfonamides is 1. The summed E-state index contributed by atoms with van der Waals surface area (Å²) >= 11 is 0. The Morgan fingerprint density at radius 1 is 1.33 bits per heavy atom. The van der Waals surface area contributed by atoms with E-state index in [-0.39, 0.29) is 28.1 Å². The van der Waals surface area contributed by atoms with E-state index in [0.717, 1.165) is 6.07 Å². The number of non-ortho nitro benzene ring substituents is 1. The Bertz CT molecular complexity index is 651. The highest BCUT2D eigenvalue weighted by Crippen LogP contribution is 2.32. The minimum atomic E-state index is -3.82. The van der Waals surface area contributed by atoms with Crippen LogP contribution in [0, 0.1) is 22.0 Å². The number of nitrogens with one attached hydrogen (secondary N) is 1. The van der Waals surface area contributed by atoms with Gasteiger partial charge in [-0.1, -0.05) is 13.8 Å². The van der Waals surface area contributed by atoms with Crippen LogP contribution in [0.15, 0.2) is 23.1 Å². The van der Waals surface area contributed by atoms with E-state index < -0.39 is 14.9 Å². The van der Waals surface area contributed by atoms with Gasteiger partial charge in [0.15, 0.2) is 0 Å². The van der Waals surface area contributed by atoms with Gasteiger partial charge in [0, 0.05) is 25.2 Å². The maximum atomic E-state index is 12.7. The number of nitro groups is 1. The quantitative estimate of drug-likeness (QED) is 0.489. The van der Waals surface area contributed by atoms with Crippen LogP contribution in [0.4, 0.5) is 11.4 Å². The Kier molecular flexibility index (Phi) is 4.17. The summed E-state index contributed by atoms with van der Waals surface area (Å²) < 4.78 is 26.7. The molecule has 0 aromatic heterocycles. The molecule has 1 aromatic rings. The van der Waals surface area contributed by atoms with E-state index in [9.17, 15) is 18.5 Å². The van der Waals surface area contributed by atoms with E-state index in [4.69, 9.17) is 5.84 Å². The molecule has 0 amide bonds. The van der Waals surface area contributed by atoms with Crippen LogP contribution in [0.25, 0.3) is 0 Å². The van der Waals surface area contributed by atoms with E-state index in [1.165, 1.54) is 16.4 Å². The SMILES string of the molecule is CC1CN(S(=O)(=O)c2cc([N+](=O)[O-])ccc2NN)CC1C. The summed E-state index contributed by atoms with van der Waals surface area (Å²) in [6.45, 7) is 4.76. The van der Waals surface area contributed by atoms with Gasteiger partial charge >= 0.3 is 0 Å². The Morgan fingerprint density at radius 3 is 2.38 bits per heavy atom. The number of benzene rings is 1. The van der Waals surface area contributed by atoms with Crippen LogP contribution >= 0.6 is 0 Å². The minimum Gasteiger partial charge on any atom is -0.323 e. The van der Waals surface area contributed by atoms with Gasteiger partial charge in [-0.2, -0.15) is 4.31 Å². The predicted octanol–water partition coefficient (Wildman–Crippen LogP) is 1.16. The van der Waals surface area contributed by atoms with Gasteiger partial charge < -0.3 is 5.43 Å². The molecule has 1 fully saturated rings. The van der Waals surface area contributed by atoms with Crippen molar-refractivity contribution in [3.63, 3.8) is 0 Å². The number of nitrogens with zero attached hydrogens (tertiary/aromatic N) is 2. The third-order valence-electron chi connectivity index (χ3n) is 3.90. The normalized spacial score (nSPS) is 23.2. The van der Waals surface area contributed by atoms with Crippen LogP contribution in [0.5, 0.6) is 0 Å². The van der Waals surface area contributed by atoms with Gasteiger partial charge in [-0.3, -0.25) is 16.0 Å². The minimum absolute atomic E-state index is 0.146.